The molecule has 1 aromatic heterocycles. The molecule has 0 aliphatic rings. The van der Waals surface area contributed by atoms with Crippen LogP contribution in [0, 0.1) is 13.8 Å². The molecule has 2 N–H and O–H groups in total. The summed E-state index contributed by atoms with van der Waals surface area (Å²) in [5.74, 6) is 1.68. The van der Waals surface area contributed by atoms with Crippen LogP contribution in [0.1, 0.15) is 11.1 Å². The molecular weight excluding hydrogens is 214 g/mol. The number of nitrogens with one attached hydrogen (secondary N) is 2. The molecule has 4 nitrogen and oxygen atoms in total. The number of H-pyrrole nitrogens is 1. The van der Waals surface area contributed by atoms with E-state index in [2.05, 4.69) is 35.4 Å². The maximum absolute atomic E-state index is 5.41. The van der Waals surface area contributed by atoms with Gasteiger partial charge in [0.25, 0.3) is 0 Å². The van der Waals surface area contributed by atoms with Gasteiger partial charge in [-0.15, -0.1) is 0 Å². The van der Waals surface area contributed by atoms with E-state index >= 15 is 0 Å². The molecule has 0 saturated carbocycles. The number of methoxy groups -OCH3 is 1. The van der Waals surface area contributed by atoms with E-state index in [0.29, 0.717) is 0 Å². The highest BCUT2D eigenvalue weighted by molar-refractivity contribution is 5.71. The lowest BCUT2D eigenvalue weighted by Gasteiger charge is -2.10. The average Bonchev–Trinajstić information content (AvgIpc) is 2.80. The molecule has 2 aromatic rings. The van der Waals surface area contributed by atoms with Crippen LogP contribution >= 0.6 is 0 Å². The summed E-state index contributed by atoms with van der Waals surface area (Å²) >= 11 is 0. The lowest BCUT2D eigenvalue weighted by molar-refractivity contribution is 0.416. The van der Waals surface area contributed by atoms with Crippen molar-refractivity contribution >= 4 is 5.82 Å². The van der Waals surface area contributed by atoms with Crippen LogP contribution in [0.5, 0.6) is 5.75 Å². The first-order valence-corrected chi connectivity index (χ1v) is 5.54. The van der Waals surface area contributed by atoms with Crippen molar-refractivity contribution in [2.45, 2.75) is 13.8 Å². The Balaban J connectivity index is 2.53. The molecular formula is C13H17N3O. The van der Waals surface area contributed by atoms with Crippen LogP contribution in [0.3, 0.4) is 0 Å². The minimum Gasteiger partial charge on any atom is -0.496 e. The Labute approximate surface area is 101 Å². The summed E-state index contributed by atoms with van der Waals surface area (Å²) in [5, 5.41) is 10.1. The molecule has 90 valence electrons. The molecule has 0 unspecified atom stereocenters. The Morgan fingerprint density at radius 2 is 1.88 bits per heavy atom. The van der Waals surface area contributed by atoms with Crippen LogP contribution in [0.4, 0.5) is 5.82 Å². The molecule has 0 spiro atoms. The van der Waals surface area contributed by atoms with E-state index in [4.69, 9.17) is 4.74 Å². The number of nitrogens with zero attached hydrogens (tertiary/aromatic N) is 1. The minimum atomic E-state index is 0.820. The summed E-state index contributed by atoms with van der Waals surface area (Å²) < 4.78 is 5.41. The number of aromatic amines is 1. The molecule has 0 bridgehead atoms. The zero-order valence-corrected chi connectivity index (χ0v) is 10.6. The van der Waals surface area contributed by atoms with Crippen LogP contribution in [-0.4, -0.2) is 24.4 Å². The summed E-state index contributed by atoms with van der Waals surface area (Å²) in [6, 6.07) is 6.12. The van der Waals surface area contributed by atoms with Crippen molar-refractivity contribution in [2.75, 3.05) is 19.5 Å². The van der Waals surface area contributed by atoms with E-state index in [1.807, 2.05) is 19.2 Å². The molecule has 0 fully saturated rings. The second kappa shape index (κ2) is 4.49. The monoisotopic (exact) mass is 231 g/mol. The Morgan fingerprint density at radius 1 is 1.18 bits per heavy atom. The van der Waals surface area contributed by atoms with Crippen molar-refractivity contribution in [1.29, 1.82) is 0 Å². The first-order chi connectivity index (χ1) is 8.15. The molecule has 4 heteroatoms. The average molecular weight is 231 g/mol. The van der Waals surface area contributed by atoms with Crippen molar-refractivity contribution in [3.8, 4) is 17.0 Å². The molecule has 0 atom stereocenters. The maximum Gasteiger partial charge on any atom is 0.148 e. The highest BCUT2D eigenvalue weighted by Crippen LogP contribution is 2.32. The van der Waals surface area contributed by atoms with Crippen molar-refractivity contribution in [3.05, 3.63) is 29.3 Å². The SMILES string of the molecule is CNc1cc(-c2cc(C)c(C)cc2OC)[nH]n1. The maximum atomic E-state index is 5.41. The third-order valence-corrected chi connectivity index (χ3v) is 2.94. The third kappa shape index (κ3) is 2.11. The Bertz CT molecular complexity index is 531. The van der Waals surface area contributed by atoms with E-state index in [-0.39, 0.29) is 0 Å². The van der Waals surface area contributed by atoms with Crippen LogP contribution in [-0.2, 0) is 0 Å². The van der Waals surface area contributed by atoms with Gasteiger partial charge >= 0.3 is 0 Å². The summed E-state index contributed by atoms with van der Waals surface area (Å²) in [7, 11) is 3.53. The minimum absolute atomic E-state index is 0.820. The van der Waals surface area contributed by atoms with Crippen LogP contribution in [0.15, 0.2) is 18.2 Å². The van der Waals surface area contributed by atoms with E-state index < -0.39 is 0 Å². The number of rotatable bonds is 3. The zero-order chi connectivity index (χ0) is 12.4. The van der Waals surface area contributed by atoms with Crippen LogP contribution in [0.2, 0.25) is 0 Å². The fraction of sp³-hybridized carbons (Fsp3) is 0.308. The highest BCUT2D eigenvalue weighted by Gasteiger charge is 2.10. The van der Waals surface area contributed by atoms with Crippen molar-refractivity contribution in [1.82, 2.24) is 10.2 Å². The first-order valence-electron chi connectivity index (χ1n) is 5.54. The molecule has 0 amide bonds. The van der Waals surface area contributed by atoms with Crippen molar-refractivity contribution in [2.24, 2.45) is 0 Å². The predicted molar refractivity (Wildman–Crippen MR) is 69.6 cm³/mol. The smallest absolute Gasteiger partial charge is 0.148 e. The number of anilines is 1. The molecule has 1 aromatic carbocycles. The van der Waals surface area contributed by atoms with E-state index in [1.54, 1.807) is 7.11 Å². The van der Waals surface area contributed by atoms with Crippen molar-refractivity contribution in [3.63, 3.8) is 0 Å². The standard InChI is InChI=1S/C13H17N3O/c1-8-5-10(12(17-4)6-9(8)2)11-7-13(14-3)16-15-11/h5-7H,1-4H3,(H2,14,15,16). The Kier molecular flexibility index (Phi) is 3.04. The molecule has 0 radical (unpaired) electrons. The third-order valence-electron chi connectivity index (χ3n) is 2.94. The highest BCUT2D eigenvalue weighted by atomic mass is 16.5. The largest absolute Gasteiger partial charge is 0.496 e. The molecule has 0 aliphatic heterocycles. The molecule has 0 aliphatic carbocycles. The fourth-order valence-corrected chi connectivity index (χ4v) is 1.76. The number of aromatic nitrogens is 2. The summed E-state index contributed by atoms with van der Waals surface area (Å²) in [6.45, 7) is 4.17. The number of hydrogen-bond donors (Lipinski definition) is 2. The number of ether oxygens (including phenoxy) is 1. The van der Waals surface area contributed by atoms with Crippen molar-refractivity contribution < 1.29 is 4.74 Å². The first kappa shape index (κ1) is 11.5. The summed E-state index contributed by atoms with van der Waals surface area (Å²) in [5.41, 5.74) is 4.44. The molecule has 0 saturated heterocycles. The van der Waals surface area contributed by atoms with Gasteiger partial charge in [0, 0.05) is 18.7 Å². The normalized spacial score (nSPS) is 10.4. The quantitative estimate of drug-likeness (QED) is 0.854. The van der Waals surface area contributed by atoms with E-state index in [9.17, 15) is 0 Å². The van der Waals surface area contributed by atoms with Gasteiger partial charge in [-0.1, -0.05) is 0 Å². The number of benzene rings is 1. The Morgan fingerprint density at radius 3 is 2.47 bits per heavy atom. The lowest BCUT2D eigenvalue weighted by atomic mass is 10.0. The summed E-state index contributed by atoms with van der Waals surface area (Å²) in [4.78, 5) is 0. The lowest BCUT2D eigenvalue weighted by Crippen LogP contribution is -1.91. The van der Waals surface area contributed by atoms with E-state index in [0.717, 1.165) is 22.8 Å². The van der Waals surface area contributed by atoms with Crippen LogP contribution in [0.25, 0.3) is 11.3 Å². The van der Waals surface area contributed by atoms with Crippen LogP contribution < -0.4 is 10.1 Å². The van der Waals surface area contributed by atoms with Gasteiger partial charge in [0.05, 0.1) is 12.8 Å². The van der Waals surface area contributed by atoms with Gasteiger partial charge in [0.2, 0.25) is 0 Å². The fourth-order valence-electron chi connectivity index (χ4n) is 1.76. The topological polar surface area (TPSA) is 49.9 Å². The second-order valence-corrected chi connectivity index (χ2v) is 4.05. The molecule has 1 heterocycles. The van der Waals surface area contributed by atoms with Gasteiger partial charge in [0.15, 0.2) is 0 Å². The predicted octanol–water partition coefficient (Wildman–Crippen LogP) is 2.74. The van der Waals surface area contributed by atoms with Gasteiger partial charge in [-0.2, -0.15) is 5.10 Å². The van der Waals surface area contributed by atoms with Gasteiger partial charge in [-0.05, 0) is 37.1 Å². The molecule has 2 rings (SSSR count). The number of hydrogen-bond acceptors (Lipinski definition) is 3. The van der Waals surface area contributed by atoms with Gasteiger partial charge in [0.1, 0.15) is 11.6 Å². The number of aryl methyl sites for hydroxylation is 2. The van der Waals surface area contributed by atoms with Gasteiger partial charge < -0.3 is 10.1 Å². The van der Waals surface area contributed by atoms with Gasteiger partial charge in [-0.3, -0.25) is 5.10 Å². The zero-order valence-electron chi connectivity index (χ0n) is 10.6. The summed E-state index contributed by atoms with van der Waals surface area (Å²) in [6.07, 6.45) is 0. The van der Waals surface area contributed by atoms with Gasteiger partial charge in [-0.25, -0.2) is 0 Å². The Hall–Kier alpha value is -1.97. The molecule has 17 heavy (non-hydrogen) atoms. The van der Waals surface area contributed by atoms with E-state index in [1.165, 1.54) is 11.1 Å². The second-order valence-electron chi connectivity index (χ2n) is 4.05.